The average Bonchev–Trinajstić information content (AvgIpc) is 2.86. The summed E-state index contributed by atoms with van der Waals surface area (Å²) in [7, 11) is -2.87. The number of halogens is 1. The Labute approximate surface area is 168 Å². The van der Waals surface area contributed by atoms with Gasteiger partial charge in [-0.2, -0.15) is 0 Å². The van der Waals surface area contributed by atoms with Crippen molar-refractivity contribution in [3.8, 4) is 0 Å². The molecule has 2 aliphatic rings. The highest BCUT2D eigenvalue weighted by Gasteiger charge is 2.29. The van der Waals surface area contributed by atoms with E-state index in [0.29, 0.717) is 38.5 Å². The van der Waals surface area contributed by atoms with E-state index in [0.717, 1.165) is 19.0 Å². The third kappa shape index (κ3) is 6.92. The molecule has 0 aromatic rings. The maximum Gasteiger partial charge on any atom is 0.242 e. The SMILES string of the molecule is CCN1CCN(C(=NCC(C)C)NCC2CCS(=O)(=O)C2)CC1=O.I. The highest BCUT2D eigenvalue weighted by molar-refractivity contribution is 14.0. The molecule has 1 amide bonds. The van der Waals surface area contributed by atoms with E-state index in [2.05, 4.69) is 24.2 Å². The van der Waals surface area contributed by atoms with E-state index in [1.54, 1.807) is 0 Å². The van der Waals surface area contributed by atoms with E-state index in [9.17, 15) is 13.2 Å². The van der Waals surface area contributed by atoms with Gasteiger partial charge in [0.2, 0.25) is 5.91 Å². The van der Waals surface area contributed by atoms with Gasteiger partial charge in [-0.15, -0.1) is 24.0 Å². The topological polar surface area (TPSA) is 82.1 Å². The molecular weight excluding hydrogens is 455 g/mol. The maximum absolute atomic E-state index is 12.1. The molecular formula is C16H31IN4O3S. The van der Waals surface area contributed by atoms with E-state index in [4.69, 9.17) is 0 Å². The number of hydrogen-bond donors (Lipinski definition) is 1. The number of nitrogens with zero attached hydrogens (tertiary/aromatic N) is 3. The number of guanidine groups is 1. The maximum atomic E-state index is 12.1. The predicted octanol–water partition coefficient (Wildman–Crippen LogP) is 0.805. The van der Waals surface area contributed by atoms with Crippen LogP contribution < -0.4 is 5.32 Å². The molecule has 2 rings (SSSR count). The minimum absolute atomic E-state index is 0. The van der Waals surface area contributed by atoms with Crippen molar-refractivity contribution in [1.29, 1.82) is 0 Å². The highest BCUT2D eigenvalue weighted by Crippen LogP contribution is 2.17. The van der Waals surface area contributed by atoms with Gasteiger partial charge in [0.05, 0.1) is 18.1 Å². The highest BCUT2D eigenvalue weighted by atomic mass is 127. The Kier molecular flexibility index (Phi) is 8.93. The summed E-state index contributed by atoms with van der Waals surface area (Å²) < 4.78 is 23.2. The first kappa shape index (κ1) is 22.5. The summed E-state index contributed by atoms with van der Waals surface area (Å²) in [5.41, 5.74) is 0. The molecule has 0 aromatic heterocycles. The van der Waals surface area contributed by atoms with Crippen molar-refractivity contribution in [2.75, 3.05) is 50.8 Å². The van der Waals surface area contributed by atoms with Crippen LogP contribution in [0, 0.1) is 11.8 Å². The zero-order valence-electron chi connectivity index (χ0n) is 15.4. The summed E-state index contributed by atoms with van der Waals surface area (Å²) in [6.45, 7) is 10.0. The lowest BCUT2D eigenvalue weighted by atomic mass is 10.1. The number of carbonyl (C=O) groups is 1. The monoisotopic (exact) mass is 486 g/mol. The minimum Gasteiger partial charge on any atom is -0.356 e. The van der Waals surface area contributed by atoms with Crippen LogP contribution in [0.1, 0.15) is 27.2 Å². The molecule has 146 valence electrons. The van der Waals surface area contributed by atoms with Crippen molar-refractivity contribution in [3.63, 3.8) is 0 Å². The van der Waals surface area contributed by atoms with Crippen LogP contribution >= 0.6 is 24.0 Å². The van der Waals surface area contributed by atoms with Gasteiger partial charge >= 0.3 is 0 Å². The van der Waals surface area contributed by atoms with Crippen LogP contribution in [0.15, 0.2) is 4.99 Å². The molecule has 0 spiro atoms. The Morgan fingerprint density at radius 2 is 2.08 bits per heavy atom. The molecule has 0 aromatic carbocycles. The van der Waals surface area contributed by atoms with Gasteiger partial charge in [-0.05, 0) is 25.2 Å². The number of likely N-dealkylation sites (N-methyl/N-ethyl adjacent to an activating group) is 1. The molecule has 1 atom stereocenters. The number of nitrogens with one attached hydrogen (secondary N) is 1. The molecule has 1 unspecified atom stereocenters. The Balaban J connectivity index is 0.00000312. The molecule has 25 heavy (non-hydrogen) atoms. The van der Waals surface area contributed by atoms with Gasteiger partial charge in [0.25, 0.3) is 0 Å². The standard InChI is InChI=1S/C16H30N4O3S.HI/c1-4-19-6-7-20(11-15(19)21)16(17-9-13(2)3)18-10-14-5-8-24(22,23)12-14;/h13-14H,4-12H2,1-3H3,(H,17,18);1H. The molecule has 1 N–H and O–H groups in total. The summed E-state index contributed by atoms with van der Waals surface area (Å²) in [6, 6.07) is 0. The lowest BCUT2D eigenvalue weighted by molar-refractivity contribution is -0.134. The fourth-order valence-electron chi connectivity index (χ4n) is 3.03. The zero-order valence-corrected chi connectivity index (χ0v) is 18.5. The number of sulfone groups is 1. The van der Waals surface area contributed by atoms with Gasteiger partial charge in [-0.25, -0.2) is 8.42 Å². The van der Waals surface area contributed by atoms with Gasteiger partial charge in [-0.1, -0.05) is 13.8 Å². The van der Waals surface area contributed by atoms with E-state index in [1.165, 1.54) is 0 Å². The normalized spacial score (nSPS) is 23.8. The van der Waals surface area contributed by atoms with Gasteiger partial charge in [0.1, 0.15) is 0 Å². The quantitative estimate of drug-likeness (QED) is 0.353. The first-order chi connectivity index (χ1) is 11.3. The molecule has 2 fully saturated rings. The largest absolute Gasteiger partial charge is 0.356 e. The molecule has 0 radical (unpaired) electrons. The number of amides is 1. The Morgan fingerprint density at radius 1 is 1.36 bits per heavy atom. The lowest BCUT2D eigenvalue weighted by Gasteiger charge is -2.36. The molecule has 9 heteroatoms. The van der Waals surface area contributed by atoms with Crippen LogP contribution in [0.3, 0.4) is 0 Å². The fourth-order valence-corrected chi connectivity index (χ4v) is 4.89. The van der Waals surface area contributed by atoms with Crippen molar-refractivity contribution in [1.82, 2.24) is 15.1 Å². The van der Waals surface area contributed by atoms with Gasteiger partial charge < -0.3 is 15.1 Å². The summed E-state index contributed by atoms with van der Waals surface area (Å²) in [6.07, 6.45) is 0.704. The lowest BCUT2D eigenvalue weighted by Crippen LogP contribution is -2.55. The second-order valence-electron chi connectivity index (χ2n) is 7.10. The van der Waals surface area contributed by atoms with Crippen molar-refractivity contribution >= 4 is 45.7 Å². The van der Waals surface area contributed by atoms with Crippen molar-refractivity contribution in [2.24, 2.45) is 16.8 Å². The molecule has 0 bridgehead atoms. The Hall–Kier alpha value is -0.580. The van der Waals surface area contributed by atoms with Crippen LogP contribution in [0.4, 0.5) is 0 Å². The fraction of sp³-hybridized carbons (Fsp3) is 0.875. The Bertz CT molecular complexity index is 580. The number of hydrogen-bond acceptors (Lipinski definition) is 4. The first-order valence-corrected chi connectivity index (χ1v) is 10.6. The van der Waals surface area contributed by atoms with E-state index < -0.39 is 9.84 Å². The third-order valence-corrected chi connectivity index (χ3v) is 6.32. The smallest absolute Gasteiger partial charge is 0.242 e. The van der Waals surface area contributed by atoms with E-state index in [1.807, 2.05) is 16.7 Å². The summed E-state index contributed by atoms with van der Waals surface area (Å²) in [5, 5.41) is 3.32. The Morgan fingerprint density at radius 3 is 2.60 bits per heavy atom. The second-order valence-corrected chi connectivity index (χ2v) is 9.33. The predicted molar refractivity (Wildman–Crippen MR) is 111 cm³/mol. The van der Waals surface area contributed by atoms with Crippen molar-refractivity contribution in [2.45, 2.75) is 27.2 Å². The van der Waals surface area contributed by atoms with Gasteiger partial charge in [-0.3, -0.25) is 9.79 Å². The van der Waals surface area contributed by atoms with Crippen LogP contribution in [-0.2, 0) is 14.6 Å². The molecule has 2 aliphatic heterocycles. The van der Waals surface area contributed by atoms with Crippen LogP contribution in [0.5, 0.6) is 0 Å². The first-order valence-electron chi connectivity index (χ1n) is 8.82. The zero-order chi connectivity index (χ0) is 17.7. The summed E-state index contributed by atoms with van der Waals surface area (Å²) in [4.78, 5) is 20.6. The number of carbonyl (C=O) groups excluding carboxylic acids is 1. The molecule has 7 nitrogen and oxygen atoms in total. The van der Waals surface area contributed by atoms with Crippen molar-refractivity contribution < 1.29 is 13.2 Å². The molecule has 2 saturated heterocycles. The number of aliphatic imine (C=N–C) groups is 1. The van der Waals surface area contributed by atoms with Gasteiger partial charge in [0.15, 0.2) is 15.8 Å². The van der Waals surface area contributed by atoms with Crippen molar-refractivity contribution in [3.05, 3.63) is 0 Å². The van der Waals surface area contributed by atoms with E-state index >= 15 is 0 Å². The van der Waals surface area contributed by atoms with Crippen LogP contribution in [0.25, 0.3) is 0 Å². The molecule has 2 heterocycles. The second kappa shape index (κ2) is 9.94. The van der Waals surface area contributed by atoms with E-state index in [-0.39, 0.29) is 47.3 Å². The van der Waals surface area contributed by atoms with Crippen LogP contribution in [0.2, 0.25) is 0 Å². The number of rotatable bonds is 5. The minimum atomic E-state index is -2.87. The summed E-state index contributed by atoms with van der Waals surface area (Å²) >= 11 is 0. The third-order valence-electron chi connectivity index (χ3n) is 4.48. The molecule has 0 aliphatic carbocycles. The van der Waals surface area contributed by atoms with Gasteiger partial charge in [0, 0.05) is 32.7 Å². The number of piperazine rings is 1. The molecule has 0 saturated carbocycles. The average molecular weight is 486 g/mol. The van der Waals surface area contributed by atoms with Crippen LogP contribution in [-0.4, -0.2) is 80.9 Å². The summed E-state index contributed by atoms with van der Waals surface area (Å²) in [5.74, 6) is 1.95.